The lowest BCUT2D eigenvalue weighted by Gasteiger charge is -2.42. The van der Waals surface area contributed by atoms with Crippen LogP contribution in [0.4, 0.5) is 4.39 Å². The van der Waals surface area contributed by atoms with Gasteiger partial charge in [-0.1, -0.05) is 18.2 Å². The molecule has 0 N–H and O–H groups in total. The molecular formula is C19H26FNO3. The number of hydrogen-bond donors (Lipinski definition) is 0. The van der Waals surface area contributed by atoms with Gasteiger partial charge in [-0.05, 0) is 43.7 Å². The van der Waals surface area contributed by atoms with Gasteiger partial charge in [0.05, 0.1) is 5.41 Å². The molecule has 2 saturated heterocycles. The molecule has 0 spiro atoms. The van der Waals surface area contributed by atoms with Crippen LogP contribution in [0.5, 0.6) is 0 Å². The minimum Gasteiger partial charge on any atom is -0.381 e. The third kappa shape index (κ3) is 3.62. The summed E-state index contributed by atoms with van der Waals surface area (Å²) in [5.74, 6) is -0.106. The Kier molecular flexibility index (Phi) is 5.51. The van der Waals surface area contributed by atoms with E-state index in [9.17, 15) is 9.18 Å². The van der Waals surface area contributed by atoms with Crippen molar-refractivity contribution >= 4 is 5.91 Å². The van der Waals surface area contributed by atoms with Crippen LogP contribution >= 0.6 is 0 Å². The molecule has 1 aromatic rings. The Morgan fingerprint density at radius 2 is 1.79 bits per heavy atom. The van der Waals surface area contributed by atoms with E-state index >= 15 is 0 Å². The van der Waals surface area contributed by atoms with E-state index in [0.717, 1.165) is 12.8 Å². The summed E-state index contributed by atoms with van der Waals surface area (Å²) in [6, 6.07) is 6.99. The maximum atomic E-state index is 14.2. The highest BCUT2D eigenvalue weighted by atomic mass is 19.1. The first kappa shape index (κ1) is 17.4. The lowest BCUT2D eigenvalue weighted by atomic mass is 9.73. The van der Waals surface area contributed by atoms with Gasteiger partial charge in [0, 0.05) is 39.5 Å². The minimum atomic E-state index is -0.562. The summed E-state index contributed by atoms with van der Waals surface area (Å²) >= 11 is 0. The van der Waals surface area contributed by atoms with Crippen LogP contribution in [0.1, 0.15) is 31.2 Å². The second kappa shape index (κ2) is 7.62. The number of nitrogens with zero attached hydrogens (tertiary/aromatic N) is 1. The van der Waals surface area contributed by atoms with Crippen LogP contribution in [0.3, 0.4) is 0 Å². The van der Waals surface area contributed by atoms with Crippen molar-refractivity contribution in [1.82, 2.24) is 4.90 Å². The summed E-state index contributed by atoms with van der Waals surface area (Å²) in [6.07, 6.45) is 3.47. The van der Waals surface area contributed by atoms with Crippen molar-refractivity contribution in [2.45, 2.75) is 38.1 Å². The van der Waals surface area contributed by atoms with Gasteiger partial charge in [-0.2, -0.15) is 0 Å². The highest BCUT2D eigenvalue weighted by molar-refractivity contribution is 5.83. The molecule has 3 rings (SSSR count). The first-order valence-corrected chi connectivity index (χ1v) is 8.78. The quantitative estimate of drug-likeness (QED) is 0.849. The molecule has 2 fully saturated rings. The van der Waals surface area contributed by atoms with Crippen molar-refractivity contribution in [1.29, 1.82) is 0 Å². The van der Waals surface area contributed by atoms with Crippen LogP contribution < -0.4 is 0 Å². The second-order valence-electron chi connectivity index (χ2n) is 6.92. The molecule has 1 aromatic carbocycles. The lowest BCUT2D eigenvalue weighted by molar-refractivity contribution is -0.150. The molecular weight excluding hydrogens is 309 g/mol. The van der Waals surface area contributed by atoms with E-state index in [1.165, 1.54) is 6.07 Å². The molecule has 5 heteroatoms. The molecule has 0 atom stereocenters. The van der Waals surface area contributed by atoms with Crippen molar-refractivity contribution in [3.05, 3.63) is 35.6 Å². The van der Waals surface area contributed by atoms with Crippen molar-refractivity contribution in [2.75, 3.05) is 33.5 Å². The van der Waals surface area contributed by atoms with Gasteiger partial charge in [-0.15, -0.1) is 0 Å². The third-order valence-electron chi connectivity index (χ3n) is 5.45. The van der Waals surface area contributed by atoms with Gasteiger partial charge in [0.2, 0.25) is 5.91 Å². The molecule has 0 saturated carbocycles. The highest BCUT2D eigenvalue weighted by Gasteiger charge is 2.43. The number of halogens is 1. The summed E-state index contributed by atoms with van der Waals surface area (Å²) in [7, 11) is 1.89. The van der Waals surface area contributed by atoms with E-state index in [2.05, 4.69) is 0 Å². The average Bonchev–Trinajstić information content (AvgIpc) is 2.64. The maximum Gasteiger partial charge on any atom is 0.229 e. The van der Waals surface area contributed by atoms with Crippen LogP contribution in [-0.4, -0.2) is 50.3 Å². The Morgan fingerprint density at radius 3 is 2.46 bits per heavy atom. The van der Waals surface area contributed by atoms with E-state index in [4.69, 9.17) is 9.47 Å². The first-order valence-electron chi connectivity index (χ1n) is 8.78. The number of hydrogen-bond acceptors (Lipinski definition) is 3. The molecule has 2 heterocycles. The Morgan fingerprint density at radius 1 is 1.17 bits per heavy atom. The van der Waals surface area contributed by atoms with Crippen LogP contribution in [0.2, 0.25) is 0 Å². The molecule has 4 nitrogen and oxygen atoms in total. The number of rotatable bonds is 4. The fourth-order valence-corrected chi connectivity index (χ4v) is 3.85. The monoisotopic (exact) mass is 335 g/mol. The Hall–Kier alpha value is -1.46. The molecule has 0 bridgehead atoms. The van der Waals surface area contributed by atoms with Gasteiger partial charge < -0.3 is 14.4 Å². The van der Waals surface area contributed by atoms with Crippen molar-refractivity contribution < 1.29 is 18.7 Å². The molecule has 0 aliphatic carbocycles. The smallest absolute Gasteiger partial charge is 0.229 e. The second-order valence-corrected chi connectivity index (χ2v) is 6.92. The fourth-order valence-electron chi connectivity index (χ4n) is 3.85. The summed E-state index contributed by atoms with van der Waals surface area (Å²) in [5.41, 5.74) is 0.0566. The van der Waals surface area contributed by atoms with Gasteiger partial charge >= 0.3 is 0 Å². The molecule has 24 heavy (non-hydrogen) atoms. The molecule has 132 valence electrons. The predicted octanol–water partition coefficient (Wildman–Crippen LogP) is 2.80. The Balaban J connectivity index is 1.82. The van der Waals surface area contributed by atoms with Crippen molar-refractivity contribution in [3.63, 3.8) is 0 Å². The molecule has 0 radical (unpaired) electrons. The fraction of sp³-hybridized carbons (Fsp3) is 0.632. The van der Waals surface area contributed by atoms with Crippen LogP contribution in [0.25, 0.3) is 0 Å². The Bertz CT molecular complexity index is 565. The maximum absolute atomic E-state index is 14.2. The van der Waals surface area contributed by atoms with Gasteiger partial charge in [-0.25, -0.2) is 4.39 Å². The number of carbonyl (C=O) groups excluding carboxylic acids is 1. The zero-order valence-electron chi connectivity index (χ0n) is 14.3. The summed E-state index contributed by atoms with van der Waals surface area (Å²) in [5, 5.41) is 0. The Labute approximate surface area is 142 Å². The number of amides is 1. The van der Waals surface area contributed by atoms with E-state index in [-0.39, 0.29) is 17.8 Å². The first-order chi connectivity index (χ1) is 11.6. The van der Waals surface area contributed by atoms with E-state index < -0.39 is 5.41 Å². The van der Waals surface area contributed by atoms with Crippen LogP contribution in [-0.2, 0) is 20.7 Å². The standard InChI is InChI=1S/C19H26FNO3/c1-21(16-6-10-23-11-7-16)18(22)19(8-12-24-13-9-19)14-15-4-2-3-5-17(15)20/h2-5,16H,6-14H2,1H3. The number of ether oxygens (including phenoxy) is 2. The largest absolute Gasteiger partial charge is 0.381 e. The molecule has 2 aliphatic heterocycles. The van der Waals surface area contributed by atoms with E-state index in [0.29, 0.717) is 51.3 Å². The SMILES string of the molecule is CN(C(=O)C1(Cc2ccccc2F)CCOCC1)C1CCOCC1. The zero-order valence-corrected chi connectivity index (χ0v) is 14.3. The topological polar surface area (TPSA) is 38.8 Å². The molecule has 0 unspecified atom stereocenters. The number of carbonyl (C=O) groups is 1. The average molecular weight is 335 g/mol. The van der Waals surface area contributed by atoms with Gasteiger partial charge in [0.1, 0.15) is 5.82 Å². The minimum absolute atomic E-state index is 0.126. The van der Waals surface area contributed by atoms with Gasteiger partial charge in [-0.3, -0.25) is 4.79 Å². The predicted molar refractivity (Wildman–Crippen MR) is 89.2 cm³/mol. The van der Waals surface area contributed by atoms with E-state index in [1.54, 1.807) is 12.1 Å². The van der Waals surface area contributed by atoms with Gasteiger partial charge in [0.15, 0.2) is 0 Å². The van der Waals surface area contributed by atoms with Gasteiger partial charge in [0.25, 0.3) is 0 Å². The van der Waals surface area contributed by atoms with Crippen LogP contribution in [0, 0.1) is 11.2 Å². The zero-order chi connectivity index (χ0) is 17.0. The van der Waals surface area contributed by atoms with Crippen LogP contribution in [0.15, 0.2) is 24.3 Å². The molecule has 2 aliphatic rings. The number of benzene rings is 1. The lowest BCUT2D eigenvalue weighted by Crippen LogP contribution is -2.51. The normalized spacial score (nSPS) is 21.4. The highest BCUT2D eigenvalue weighted by Crippen LogP contribution is 2.37. The summed E-state index contributed by atoms with van der Waals surface area (Å²) < 4.78 is 25.0. The third-order valence-corrected chi connectivity index (χ3v) is 5.45. The summed E-state index contributed by atoms with van der Waals surface area (Å²) in [6.45, 7) is 2.51. The molecule has 1 amide bonds. The summed E-state index contributed by atoms with van der Waals surface area (Å²) in [4.78, 5) is 15.2. The van der Waals surface area contributed by atoms with Crippen molar-refractivity contribution in [2.24, 2.45) is 5.41 Å². The molecule has 0 aromatic heterocycles. The van der Waals surface area contributed by atoms with E-state index in [1.807, 2.05) is 18.0 Å². The van der Waals surface area contributed by atoms with Crippen molar-refractivity contribution in [3.8, 4) is 0 Å².